The number of aromatic nitrogens is 2. The van der Waals surface area contributed by atoms with Gasteiger partial charge in [-0.15, -0.1) is 0 Å². The van der Waals surface area contributed by atoms with Crippen LogP contribution in [0.2, 0.25) is 0 Å². The monoisotopic (exact) mass is 279 g/mol. The molecule has 20 heavy (non-hydrogen) atoms. The Bertz CT molecular complexity index is 712. The molecular weight excluding hydrogens is 265 g/mol. The van der Waals surface area contributed by atoms with Gasteiger partial charge in [-0.1, -0.05) is 0 Å². The molecule has 1 heterocycles. The molecule has 0 aliphatic rings. The number of rotatable bonds is 4. The third-order valence-electron chi connectivity index (χ3n) is 2.84. The number of fused-ring (bicyclic) bond motifs is 1. The van der Waals surface area contributed by atoms with Gasteiger partial charge in [-0.25, -0.2) is 9.37 Å². The van der Waals surface area contributed by atoms with Gasteiger partial charge < -0.3 is 10.4 Å². The molecule has 1 aromatic heterocycles. The maximum atomic E-state index is 13.2. The van der Waals surface area contributed by atoms with Crippen LogP contribution in [0.4, 0.5) is 4.39 Å². The number of nitrogens with one attached hydrogen (secondary N) is 1. The summed E-state index contributed by atoms with van der Waals surface area (Å²) in [6, 6.07) is 3.76. The number of amides is 1. The number of carbonyl (C=O) groups excluding carboxylic acids is 1. The van der Waals surface area contributed by atoms with E-state index in [4.69, 9.17) is 5.11 Å². The van der Waals surface area contributed by atoms with Crippen molar-refractivity contribution in [2.75, 3.05) is 13.2 Å². The molecule has 0 unspecified atom stereocenters. The zero-order valence-corrected chi connectivity index (χ0v) is 10.9. The average molecular weight is 279 g/mol. The van der Waals surface area contributed by atoms with Gasteiger partial charge in [0.25, 0.3) is 5.56 Å². The summed E-state index contributed by atoms with van der Waals surface area (Å²) in [4.78, 5) is 28.0. The number of benzene rings is 1. The molecule has 106 valence electrons. The largest absolute Gasteiger partial charge is 0.395 e. The molecule has 0 radical (unpaired) electrons. The van der Waals surface area contributed by atoms with Gasteiger partial charge in [-0.05, 0) is 25.1 Å². The molecule has 0 aliphatic carbocycles. The lowest BCUT2D eigenvalue weighted by Crippen LogP contribution is -2.35. The lowest BCUT2D eigenvalue weighted by molar-refractivity contribution is -0.121. The van der Waals surface area contributed by atoms with Gasteiger partial charge in [0.2, 0.25) is 5.91 Å². The Morgan fingerprint density at radius 2 is 2.25 bits per heavy atom. The highest BCUT2D eigenvalue weighted by Crippen LogP contribution is 2.10. The third-order valence-corrected chi connectivity index (χ3v) is 2.84. The van der Waals surface area contributed by atoms with Crippen molar-refractivity contribution in [1.82, 2.24) is 14.9 Å². The molecule has 2 aromatic rings. The molecule has 0 saturated heterocycles. The molecule has 6 nitrogen and oxygen atoms in total. The Labute approximate surface area is 113 Å². The molecule has 0 spiro atoms. The summed E-state index contributed by atoms with van der Waals surface area (Å²) < 4.78 is 14.4. The molecule has 0 fully saturated rings. The van der Waals surface area contributed by atoms with Crippen LogP contribution >= 0.6 is 0 Å². The summed E-state index contributed by atoms with van der Waals surface area (Å²) in [6.45, 7) is 1.32. The fourth-order valence-corrected chi connectivity index (χ4v) is 1.89. The van der Waals surface area contributed by atoms with Crippen molar-refractivity contribution in [2.45, 2.75) is 13.5 Å². The van der Waals surface area contributed by atoms with E-state index in [1.165, 1.54) is 16.7 Å². The standard InChI is InChI=1S/C13H14FN3O3/c1-8-16-11-3-2-9(14)6-10(11)13(20)17(8)7-12(19)15-4-5-18/h2-3,6,18H,4-5,7H2,1H3,(H,15,19). The van der Waals surface area contributed by atoms with E-state index in [2.05, 4.69) is 10.3 Å². The number of hydrogen-bond acceptors (Lipinski definition) is 4. The highest BCUT2D eigenvalue weighted by molar-refractivity contribution is 5.79. The highest BCUT2D eigenvalue weighted by atomic mass is 19.1. The van der Waals surface area contributed by atoms with Gasteiger partial charge in [-0.2, -0.15) is 0 Å². The second-order valence-electron chi connectivity index (χ2n) is 4.29. The Balaban J connectivity index is 2.43. The molecule has 2 N–H and O–H groups in total. The molecule has 0 bridgehead atoms. The summed E-state index contributed by atoms with van der Waals surface area (Å²) in [5.41, 5.74) is -0.0768. The molecular formula is C13H14FN3O3. The van der Waals surface area contributed by atoms with Gasteiger partial charge in [0.1, 0.15) is 18.2 Å². The minimum absolute atomic E-state index is 0.113. The molecule has 0 aliphatic heterocycles. The fourth-order valence-electron chi connectivity index (χ4n) is 1.89. The molecule has 1 aromatic carbocycles. The van der Waals surface area contributed by atoms with E-state index in [1.807, 2.05) is 0 Å². The first-order valence-electron chi connectivity index (χ1n) is 6.07. The number of aliphatic hydroxyl groups is 1. The quantitative estimate of drug-likeness (QED) is 0.822. The summed E-state index contributed by atoms with van der Waals surface area (Å²) >= 11 is 0. The van der Waals surface area contributed by atoms with Crippen LogP contribution in [-0.4, -0.2) is 33.7 Å². The number of nitrogens with zero attached hydrogens (tertiary/aromatic N) is 2. The van der Waals surface area contributed by atoms with E-state index in [0.717, 1.165) is 6.07 Å². The zero-order valence-electron chi connectivity index (χ0n) is 10.9. The van der Waals surface area contributed by atoms with Crippen LogP contribution in [0.3, 0.4) is 0 Å². The molecule has 0 saturated carbocycles. The molecule has 7 heteroatoms. The molecule has 1 amide bonds. The predicted molar refractivity (Wildman–Crippen MR) is 70.8 cm³/mol. The minimum atomic E-state index is -0.531. The first kappa shape index (κ1) is 14.1. The SMILES string of the molecule is Cc1nc2ccc(F)cc2c(=O)n1CC(=O)NCCO. The van der Waals surface area contributed by atoms with Crippen LogP contribution in [0, 0.1) is 12.7 Å². The summed E-state index contributed by atoms with van der Waals surface area (Å²) in [5, 5.41) is 11.2. The highest BCUT2D eigenvalue weighted by Gasteiger charge is 2.11. The van der Waals surface area contributed by atoms with E-state index in [9.17, 15) is 14.0 Å². The first-order valence-corrected chi connectivity index (χ1v) is 6.07. The Morgan fingerprint density at radius 1 is 1.50 bits per heavy atom. The van der Waals surface area contributed by atoms with Crippen molar-refractivity contribution in [3.8, 4) is 0 Å². The maximum Gasteiger partial charge on any atom is 0.261 e. The first-order chi connectivity index (χ1) is 9.52. The van der Waals surface area contributed by atoms with Crippen LogP contribution in [-0.2, 0) is 11.3 Å². The average Bonchev–Trinajstić information content (AvgIpc) is 2.42. The molecule has 0 atom stereocenters. The maximum absolute atomic E-state index is 13.2. The summed E-state index contributed by atoms with van der Waals surface area (Å²) in [7, 11) is 0. The van der Waals surface area contributed by atoms with E-state index < -0.39 is 17.3 Å². The Hall–Kier alpha value is -2.28. The number of halogens is 1. The molecule has 2 rings (SSSR count). The van der Waals surface area contributed by atoms with Crippen molar-refractivity contribution in [1.29, 1.82) is 0 Å². The smallest absolute Gasteiger partial charge is 0.261 e. The zero-order chi connectivity index (χ0) is 14.7. The van der Waals surface area contributed by atoms with E-state index in [0.29, 0.717) is 11.3 Å². The van der Waals surface area contributed by atoms with Gasteiger partial charge in [-0.3, -0.25) is 14.2 Å². The van der Waals surface area contributed by atoms with Gasteiger partial charge in [0.05, 0.1) is 17.5 Å². The van der Waals surface area contributed by atoms with Crippen LogP contribution in [0.25, 0.3) is 10.9 Å². The second-order valence-corrected chi connectivity index (χ2v) is 4.29. The minimum Gasteiger partial charge on any atom is -0.395 e. The van der Waals surface area contributed by atoms with Crippen LogP contribution in [0.15, 0.2) is 23.0 Å². The van der Waals surface area contributed by atoms with Crippen molar-refractivity contribution >= 4 is 16.8 Å². The van der Waals surface area contributed by atoms with Crippen molar-refractivity contribution in [3.05, 3.63) is 40.2 Å². The van der Waals surface area contributed by atoms with E-state index in [1.54, 1.807) is 6.92 Å². The Kier molecular flexibility index (Phi) is 4.09. The fraction of sp³-hybridized carbons (Fsp3) is 0.308. The lowest BCUT2D eigenvalue weighted by atomic mass is 10.2. The normalized spacial score (nSPS) is 10.8. The number of hydrogen-bond donors (Lipinski definition) is 2. The van der Waals surface area contributed by atoms with E-state index in [-0.39, 0.29) is 25.1 Å². The predicted octanol–water partition coefficient (Wildman–Crippen LogP) is -0.0475. The van der Waals surface area contributed by atoms with Crippen molar-refractivity contribution in [3.63, 3.8) is 0 Å². The third kappa shape index (κ3) is 2.83. The van der Waals surface area contributed by atoms with Gasteiger partial charge in [0.15, 0.2) is 0 Å². The summed E-state index contributed by atoms with van der Waals surface area (Å²) in [5.74, 6) is -0.577. The van der Waals surface area contributed by atoms with Crippen molar-refractivity contribution < 1.29 is 14.3 Å². The van der Waals surface area contributed by atoms with Crippen LogP contribution < -0.4 is 10.9 Å². The van der Waals surface area contributed by atoms with Crippen LogP contribution in [0.5, 0.6) is 0 Å². The Morgan fingerprint density at radius 3 is 2.95 bits per heavy atom. The van der Waals surface area contributed by atoms with Gasteiger partial charge in [0, 0.05) is 6.54 Å². The van der Waals surface area contributed by atoms with Gasteiger partial charge >= 0.3 is 0 Å². The number of aryl methyl sites for hydroxylation is 1. The number of carbonyl (C=O) groups is 1. The summed E-state index contributed by atoms with van der Waals surface area (Å²) in [6.07, 6.45) is 0. The van der Waals surface area contributed by atoms with Crippen LogP contribution in [0.1, 0.15) is 5.82 Å². The number of aliphatic hydroxyl groups excluding tert-OH is 1. The topological polar surface area (TPSA) is 84.2 Å². The lowest BCUT2D eigenvalue weighted by Gasteiger charge is -2.10. The second kappa shape index (κ2) is 5.79. The van der Waals surface area contributed by atoms with E-state index >= 15 is 0 Å². The van der Waals surface area contributed by atoms with Crippen molar-refractivity contribution in [2.24, 2.45) is 0 Å².